The van der Waals surface area contributed by atoms with E-state index in [0.717, 1.165) is 37.6 Å². The van der Waals surface area contributed by atoms with Gasteiger partial charge >= 0.3 is 0 Å². The number of methoxy groups -OCH3 is 1. The number of imidazole rings is 1. The predicted octanol–water partition coefficient (Wildman–Crippen LogP) is 1.69. The van der Waals surface area contributed by atoms with Crippen LogP contribution in [-0.4, -0.2) is 34.8 Å². The number of nitrogens with one attached hydrogen (secondary N) is 1. The van der Waals surface area contributed by atoms with E-state index in [2.05, 4.69) is 15.3 Å². The minimum absolute atomic E-state index is 0.0748. The molecule has 0 aromatic carbocycles. The van der Waals surface area contributed by atoms with E-state index in [1.165, 1.54) is 0 Å². The molecule has 1 fully saturated rings. The van der Waals surface area contributed by atoms with E-state index < -0.39 is 0 Å². The molecule has 3 heterocycles. The number of aryl methyl sites for hydroxylation is 1. The fraction of sp³-hybridized carbons (Fsp3) is 0.500. The minimum Gasteiger partial charge on any atom is -0.481 e. The molecule has 1 N–H and O–H groups in total. The fourth-order valence-corrected chi connectivity index (χ4v) is 2.83. The van der Waals surface area contributed by atoms with Gasteiger partial charge in [-0.3, -0.25) is 0 Å². The van der Waals surface area contributed by atoms with Gasteiger partial charge < -0.3 is 19.4 Å². The van der Waals surface area contributed by atoms with Crippen LogP contribution in [0.25, 0.3) is 0 Å². The van der Waals surface area contributed by atoms with E-state index in [1.807, 2.05) is 42.2 Å². The summed E-state index contributed by atoms with van der Waals surface area (Å²) in [5, 5.41) is 3.47. The van der Waals surface area contributed by atoms with Crippen LogP contribution in [-0.2, 0) is 18.3 Å². The van der Waals surface area contributed by atoms with Crippen LogP contribution in [0.2, 0.25) is 0 Å². The monoisotopic (exact) mass is 302 g/mol. The summed E-state index contributed by atoms with van der Waals surface area (Å²) in [7, 11) is 3.64. The maximum Gasteiger partial charge on any atom is 0.213 e. The Bertz CT molecular complexity index is 614. The van der Waals surface area contributed by atoms with Crippen LogP contribution in [0, 0.1) is 5.92 Å². The third-order valence-corrected chi connectivity index (χ3v) is 4.03. The molecule has 2 aromatic rings. The zero-order chi connectivity index (χ0) is 15.4. The maximum absolute atomic E-state index is 5.87. The van der Waals surface area contributed by atoms with Crippen LogP contribution >= 0.6 is 0 Å². The van der Waals surface area contributed by atoms with Gasteiger partial charge in [0.05, 0.1) is 12.8 Å². The second-order valence-electron chi connectivity index (χ2n) is 5.54. The van der Waals surface area contributed by atoms with Crippen molar-refractivity contribution in [1.29, 1.82) is 0 Å². The normalized spacial score (nSPS) is 21.2. The molecule has 118 valence electrons. The lowest BCUT2D eigenvalue weighted by molar-refractivity contribution is 0.0810. The third kappa shape index (κ3) is 3.28. The summed E-state index contributed by atoms with van der Waals surface area (Å²) in [6, 6.07) is 5.81. The average Bonchev–Trinajstić information content (AvgIpc) is 3.16. The Morgan fingerprint density at radius 1 is 1.45 bits per heavy atom. The van der Waals surface area contributed by atoms with Gasteiger partial charge in [-0.15, -0.1) is 0 Å². The molecule has 22 heavy (non-hydrogen) atoms. The predicted molar refractivity (Wildman–Crippen MR) is 82.5 cm³/mol. The SMILES string of the molecule is COc1cccc(CNC[C@@H]2CCO[C@H]2c2nccn2C)n1. The number of rotatable bonds is 6. The van der Waals surface area contributed by atoms with Crippen LogP contribution in [0.3, 0.4) is 0 Å². The van der Waals surface area contributed by atoms with Crippen molar-refractivity contribution in [1.82, 2.24) is 19.9 Å². The van der Waals surface area contributed by atoms with Gasteiger partial charge in [-0.2, -0.15) is 0 Å². The summed E-state index contributed by atoms with van der Waals surface area (Å²) in [4.78, 5) is 8.82. The first-order chi connectivity index (χ1) is 10.8. The lowest BCUT2D eigenvalue weighted by Gasteiger charge is -2.18. The fourth-order valence-electron chi connectivity index (χ4n) is 2.83. The summed E-state index contributed by atoms with van der Waals surface area (Å²) >= 11 is 0. The van der Waals surface area contributed by atoms with Crippen molar-refractivity contribution >= 4 is 0 Å². The van der Waals surface area contributed by atoms with E-state index in [4.69, 9.17) is 9.47 Å². The lowest BCUT2D eigenvalue weighted by Crippen LogP contribution is -2.26. The number of hydrogen-bond acceptors (Lipinski definition) is 5. The number of nitrogens with zero attached hydrogens (tertiary/aromatic N) is 3. The summed E-state index contributed by atoms with van der Waals surface area (Å²) in [5.74, 6) is 2.09. The molecular weight excluding hydrogens is 280 g/mol. The van der Waals surface area contributed by atoms with Gasteiger partial charge in [-0.25, -0.2) is 9.97 Å². The highest BCUT2D eigenvalue weighted by molar-refractivity contribution is 5.15. The standard InChI is InChI=1S/C16H22N4O2/c1-20-8-7-18-16(20)15-12(6-9-22-15)10-17-11-13-4-3-5-14(19-13)21-2/h3-5,7-8,12,15,17H,6,9-11H2,1-2H3/t12-,15+/m0/s1. The van der Waals surface area contributed by atoms with Gasteiger partial charge in [0.1, 0.15) is 11.9 Å². The molecule has 2 aromatic heterocycles. The van der Waals surface area contributed by atoms with Crippen molar-refractivity contribution in [3.05, 3.63) is 42.1 Å². The summed E-state index contributed by atoms with van der Waals surface area (Å²) in [6.07, 6.45) is 4.91. The van der Waals surface area contributed by atoms with Gasteiger partial charge in [0, 0.05) is 51.1 Å². The van der Waals surface area contributed by atoms with E-state index >= 15 is 0 Å². The molecular formula is C16H22N4O2. The molecule has 0 aliphatic carbocycles. The maximum atomic E-state index is 5.87. The second-order valence-corrected chi connectivity index (χ2v) is 5.54. The first-order valence-corrected chi connectivity index (χ1v) is 7.57. The van der Waals surface area contributed by atoms with E-state index in [9.17, 15) is 0 Å². The molecule has 6 heteroatoms. The van der Waals surface area contributed by atoms with Crippen LogP contribution < -0.4 is 10.1 Å². The highest BCUT2D eigenvalue weighted by Crippen LogP contribution is 2.32. The van der Waals surface area contributed by atoms with Gasteiger partial charge in [0.2, 0.25) is 5.88 Å². The van der Waals surface area contributed by atoms with Crippen molar-refractivity contribution in [2.75, 3.05) is 20.3 Å². The van der Waals surface area contributed by atoms with E-state index in [1.54, 1.807) is 7.11 Å². The van der Waals surface area contributed by atoms with E-state index in [0.29, 0.717) is 11.8 Å². The Morgan fingerprint density at radius 3 is 3.14 bits per heavy atom. The third-order valence-electron chi connectivity index (χ3n) is 4.03. The zero-order valence-electron chi connectivity index (χ0n) is 13.0. The Kier molecular flexibility index (Phi) is 4.70. The van der Waals surface area contributed by atoms with Crippen molar-refractivity contribution in [3.8, 4) is 5.88 Å². The smallest absolute Gasteiger partial charge is 0.213 e. The Balaban J connectivity index is 1.55. The highest BCUT2D eigenvalue weighted by Gasteiger charge is 2.31. The minimum atomic E-state index is 0.0748. The van der Waals surface area contributed by atoms with Crippen LogP contribution in [0.1, 0.15) is 24.0 Å². The summed E-state index contributed by atoms with van der Waals surface area (Å²) < 4.78 is 13.0. The van der Waals surface area contributed by atoms with Crippen molar-refractivity contribution in [2.45, 2.75) is 19.1 Å². The van der Waals surface area contributed by atoms with Crippen LogP contribution in [0.4, 0.5) is 0 Å². The number of ether oxygens (including phenoxy) is 2. The van der Waals surface area contributed by atoms with Crippen LogP contribution in [0.15, 0.2) is 30.6 Å². The molecule has 2 atom stereocenters. The number of aromatic nitrogens is 3. The van der Waals surface area contributed by atoms with Crippen molar-refractivity contribution in [2.24, 2.45) is 13.0 Å². The van der Waals surface area contributed by atoms with Crippen LogP contribution in [0.5, 0.6) is 5.88 Å². The molecule has 0 saturated carbocycles. The quantitative estimate of drug-likeness (QED) is 0.880. The molecule has 0 unspecified atom stereocenters. The number of pyridine rings is 1. The van der Waals surface area contributed by atoms with Crippen molar-refractivity contribution in [3.63, 3.8) is 0 Å². The highest BCUT2D eigenvalue weighted by atomic mass is 16.5. The second kappa shape index (κ2) is 6.89. The van der Waals surface area contributed by atoms with E-state index in [-0.39, 0.29) is 6.10 Å². The summed E-state index contributed by atoms with van der Waals surface area (Å²) in [6.45, 7) is 2.40. The topological polar surface area (TPSA) is 61.2 Å². The molecule has 1 aliphatic heterocycles. The Labute approximate surface area is 130 Å². The molecule has 3 rings (SSSR count). The molecule has 1 aliphatic rings. The first-order valence-electron chi connectivity index (χ1n) is 7.57. The largest absolute Gasteiger partial charge is 0.481 e. The zero-order valence-corrected chi connectivity index (χ0v) is 13.0. The number of hydrogen-bond donors (Lipinski definition) is 1. The van der Waals surface area contributed by atoms with Crippen molar-refractivity contribution < 1.29 is 9.47 Å². The average molecular weight is 302 g/mol. The van der Waals surface area contributed by atoms with Gasteiger partial charge in [-0.05, 0) is 12.5 Å². The molecule has 0 bridgehead atoms. The molecule has 0 amide bonds. The lowest BCUT2D eigenvalue weighted by atomic mass is 10.0. The van der Waals surface area contributed by atoms with Gasteiger partial charge in [-0.1, -0.05) is 6.07 Å². The molecule has 0 spiro atoms. The summed E-state index contributed by atoms with van der Waals surface area (Å²) in [5.41, 5.74) is 0.979. The van der Waals surface area contributed by atoms with Gasteiger partial charge in [0.15, 0.2) is 0 Å². The molecule has 1 saturated heterocycles. The molecule has 6 nitrogen and oxygen atoms in total. The molecule has 0 radical (unpaired) electrons. The Morgan fingerprint density at radius 2 is 2.36 bits per heavy atom. The van der Waals surface area contributed by atoms with Gasteiger partial charge in [0.25, 0.3) is 0 Å². The first kappa shape index (κ1) is 15.0. The Hall–Kier alpha value is -1.92.